The number of aliphatic carboxylic acids is 1. The Morgan fingerprint density at radius 2 is 1.89 bits per heavy atom. The van der Waals surface area contributed by atoms with Gasteiger partial charge in [-0.25, -0.2) is 4.79 Å². The van der Waals surface area contributed by atoms with Crippen molar-refractivity contribution in [3.05, 3.63) is 53.6 Å². The van der Waals surface area contributed by atoms with E-state index in [9.17, 15) is 24.6 Å². The lowest BCUT2D eigenvalue weighted by atomic mass is 9.96. The lowest BCUT2D eigenvalue weighted by molar-refractivity contribution is -0.143. The minimum absolute atomic E-state index is 0.143. The van der Waals surface area contributed by atoms with Gasteiger partial charge in [0.05, 0.1) is 12.2 Å². The molecule has 2 aromatic carbocycles. The van der Waals surface area contributed by atoms with Gasteiger partial charge in [0.1, 0.15) is 0 Å². The molecular formula is C20H22N2O5. The van der Waals surface area contributed by atoms with E-state index in [1.165, 1.54) is 4.90 Å². The fourth-order valence-corrected chi connectivity index (χ4v) is 3.00. The first kappa shape index (κ1) is 20.1. The molecule has 142 valence electrons. The van der Waals surface area contributed by atoms with Crippen LogP contribution in [0.1, 0.15) is 29.8 Å². The van der Waals surface area contributed by atoms with Gasteiger partial charge in [0.2, 0.25) is 6.41 Å². The van der Waals surface area contributed by atoms with Crippen LogP contribution in [0.3, 0.4) is 0 Å². The minimum atomic E-state index is -1.27. The molecule has 27 heavy (non-hydrogen) atoms. The van der Waals surface area contributed by atoms with Gasteiger partial charge < -0.3 is 20.4 Å². The summed E-state index contributed by atoms with van der Waals surface area (Å²) in [5, 5.41) is 21.1. The van der Waals surface area contributed by atoms with E-state index in [0.717, 1.165) is 11.1 Å². The monoisotopic (exact) mass is 370 g/mol. The smallest absolute Gasteiger partial charge is 0.328 e. The quantitative estimate of drug-likeness (QED) is 0.677. The zero-order chi connectivity index (χ0) is 20.0. The van der Waals surface area contributed by atoms with Crippen molar-refractivity contribution in [2.24, 2.45) is 0 Å². The Balaban J connectivity index is 0.00000126. The highest BCUT2D eigenvalue weighted by atomic mass is 16.4. The summed E-state index contributed by atoms with van der Waals surface area (Å²) in [5.41, 5.74) is 3.25. The van der Waals surface area contributed by atoms with E-state index in [-0.39, 0.29) is 6.54 Å². The normalized spacial score (nSPS) is 13.3. The van der Waals surface area contributed by atoms with Crippen molar-refractivity contribution in [1.29, 1.82) is 0 Å². The molecule has 0 fully saturated rings. The molecule has 0 aromatic heterocycles. The van der Waals surface area contributed by atoms with Crippen LogP contribution in [0, 0.1) is 0 Å². The Labute approximate surface area is 157 Å². The van der Waals surface area contributed by atoms with E-state index in [4.69, 9.17) is 0 Å². The Bertz CT molecular complexity index is 833. The predicted octanol–water partition coefficient (Wildman–Crippen LogP) is 2.35. The molecular weight excluding hydrogens is 348 g/mol. The maximum absolute atomic E-state index is 12.8. The van der Waals surface area contributed by atoms with Crippen molar-refractivity contribution in [3.63, 3.8) is 0 Å². The Hall–Kier alpha value is -3.19. The number of fused-ring (bicyclic) bond motifs is 1. The number of benzene rings is 2. The third-order valence-electron chi connectivity index (χ3n) is 4.22. The summed E-state index contributed by atoms with van der Waals surface area (Å²) >= 11 is 0. The summed E-state index contributed by atoms with van der Waals surface area (Å²) in [7, 11) is 0. The maximum atomic E-state index is 12.8. The zero-order valence-corrected chi connectivity index (χ0v) is 15.2. The average molecular weight is 370 g/mol. The van der Waals surface area contributed by atoms with E-state index >= 15 is 0 Å². The number of amides is 2. The fraction of sp³-hybridized carbons (Fsp3) is 0.250. The summed E-state index contributed by atoms with van der Waals surface area (Å²) < 4.78 is 0. The third kappa shape index (κ3) is 3.98. The minimum Gasteiger partial charge on any atom is -0.480 e. The number of hydrogen-bond acceptors (Lipinski definition) is 4. The number of nitrogens with zero attached hydrogens (tertiary/aromatic N) is 1. The standard InChI is InChI=1S/C18H16N2O5.C2H6/c21-9-15(18(24)25)20-8-12-2-1-3-14(16(12)17(20)23)11-4-6-13(7-5-11)19-10-22;1-2/h1-7,10,15,21H,8-9H2,(H,19,22)(H,24,25);1-2H3. The number of anilines is 1. The van der Waals surface area contributed by atoms with Gasteiger partial charge in [0, 0.05) is 12.2 Å². The molecule has 1 unspecified atom stereocenters. The molecule has 0 saturated heterocycles. The number of carboxylic acid groups (broad SMARTS) is 1. The van der Waals surface area contributed by atoms with Gasteiger partial charge in [0.15, 0.2) is 6.04 Å². The molecule has 0 saturated carbocycles. The second-order valence-electron chi connectivity index (χ2n) is 5.65. The number of rotatable bonds is 6. The maximum Gasteiger partial charge on any atom is 0.328 e. The molecule has 2 amide bonds. The Morgan fingerprint density at radius 3 is 2.44 bits per heavy atom. The van der Waals surface area contributed by atoms with E-state index in [1.54, 1.807) is 42.5 Å². The molecule has 2 aromatic rings. The molecule has 1 atom stereocenters. The van der Waals surface area contributed by atoms with Gasteiger partial charge in [-0.2, -0.15) is 0 Å². The average Bonchev–Trinajstić information content (AvgIpc) is 3.01. The molecule has 0 radical (unpaired) electrons. The summed E-state index contributed by atoms with van der Waals surface area (Å²) in [4.78, 5) is 35.7. The summed E-state index contributed by atoms with van der Waals surface area (Å²) in [6.45, 7) is 3.50. The highest BCUT2D eigenvalue weighted by Gasteiger charge is 2.37. The van der Waals surface area contributed by atoms with E-state index in [0.29, 0.717) is 23.2 Å². The number of carbonyl (C=O) groups excluding carboxylic acids is 2. The number of carboxylic acids is 1. The van der Waals surface area contributed by atoms with Crippen molar-refractivity contribution in [1.82, 2.24) is 4.90 Å². The van der Waals surface area contributed by atoms with Crippen LogP contribution < -0.4 is 5.32 Å². The van der Waals surface area contributed by atoms with Crippen LogP contribution in [0.25, 0.3) is 11.1 Å². The number of hydrogen-bond donors (Lipinski definition) is 3. The summed E-state index contributed by atoms with van der Waals surface area (Å²) in [6, 6.07) is 11.1. The van der Waals surface area contributed by atoms with Crippen molar-refractivity contribution < 1.29 is 24.6 Å². The van der Waals surface area contributed by atoms with Crippen LogP contribution in [0.4, 0.5) is 5.69 Å². The number of aliphatic hydroxyl groups is 1. The van der Waals surface area contributed by atoms with E-state index in [2.05, 4.69) is 5.32 Å². The van der Waals surface area contributed by atoms with Crippen molar-refractivity contribution in [2.75, 3.05) is 11.9 Å². The number of aliphatic hydroxyl groups excluding tert-OH is 1. The molecule has 1 heterocycles. The summed E-state index contributed by atoms with van der Waals surface area (Å²) in [6.07, 6.45) is 0.581. The molecule has 0 bridgehead atoms. The molecule has 1 aliphatic rings. The first-order valence-electron chi connectivity index (χ1n) is 8.64. The van der Waals surface area contributed by atoms with Gasteiger partial charge in [-0.05, 0) is 28.8 Å². The SMILES string of the molecule is CC.O=CNc1ccc(-c2cccc3c2C(=O)N(C(CO)C(=O)O)C3)cc1. The van der Waals surface area contributed by atoms with Gasteiger partial charge in [-0.3, -0.25) is 9.59 Å². The van der Waals surface area contributed by atoms with Gasteiger partial charge in [-0.1, -0.05) is 44.2 Å². The lowest BCUT2D eigenvalue weighted by Crippen LogP contribution is -2.43. The second kappa shape index (κ2) is 8.95. The van der Waals surface area contributed by atoms with Crippen molar-refractivity contribution in [2.45, 2.75) is 26.4 Å². The highest BCUT2D eigenvalue weighted by Crippen LogP contribution is 2.34. The highest BCUT2D eigenvalue weighted by molar-refractivity contribution is 6.06. The molecule has 3 rings (SSSR count). The Morgan fingerprint density at radius 1 is 1.22 bits per heavy atom. The lowest BCUT2D eigenvalue weighted by Gasteiger charge is -2.22. The Kier molecular flexibility index (Phi) is 6.67. The van der Waals surface area contributed by atoms with Crippen LogP contribution in [0.2, 0.25) is 0 Å². The first-order valence-corrected chi connectivity index (χ1v) is 8.64. The van der Waals surface area contributed by atoms with E-state index in [1.807, 2.05) is 13.8 Å². The van der Waals surface area contributed by atoms with Gasteiger partial charge in [-0.15, -0.1) is 0 Å². The van der Waals surface area contributed by atoms with Gasteiger partial charge in [0.25, 0.3) is 5.91 Å². The predicted molar refractivity (Wildman–Crippen MR) is 101 cm³/mol. The molecule has 7 nitrogen and oxygen atoms in total. The fourth-order valence-electron chi connectivity index (χ4n) is 3.00. The largest absolute Gasteiger partial charge is 0.480 e. The van der Waals surface area contributed by atoms with Crippen LogP contribution in [0.15, 0.2) is 42.5 Å². The molecule has 1 aliphatic heterocycles. The van der Waals surface area contributed by atoms with Crippen LogP contribution >= 0.6 is 0 Å². The van der Waals surface area contributed by atoms with Crippen LogP contribution in [-0.2, 0) is 16.1 Å². The molecule has 3 N–H and O–H groups in total. The van der Waals surface area contributed by atoms with Crippen molar-refractivity contribution in [3.8, 4) is 11.1 Å². The molecule has 7 heteroatoms. The molecule has 0 aliphatic carbocycles. The third-order valence-corrected chi connectivity index (χ3v) is 4.22. The molecule has 0 spiro atoms. The van der Waals surface area contributed by atoms with E-state index < -0.39 is 24.5 Å². The number of carbonyl (C=O) groups is 3. The first-order chi connectivity index (χ1) is 13.1. The number of nitrogens with one attached hydrogen (secondary N) is 1. The van der Waals surface area contributed by atoms with Gasteiger partial charge >= 0.3 is 5.97 Å². The summed E-state index contributed by atoms with van der Waals surface area (Å²) in [5.74, 6) is -1.66. The zero-order valence-electron chi connectivity index (χ0n) is 15.2. The van der Waals surface area contributed by atoms with Crippen molar-refractivity contribution >= 4 is 24.0 Å². The van der Waals surface area contributed by atoms with Crippen LogP contribution in [0.5, 0.6) is 0 Å². The topological polar surface area (TPSA) is 107 Å². The second-order valence-corrected chi connectivity index (χ2v) is 5.65. The van der Waals surface area contributed by atoms with Crippen LogP contribution in [-0.4, -0.2) is 46.0 Å².